The fourth-order valence-corrected chi connectivity index (χ4v) is 11.4. The maximum atomic E-state index is 13.9. The van der Waals surface area contributed by atoms with E-state index in [9.17, 15) is 71.9 Å². The molecule has 2 aliphatic rings. The van der Waals surface area contributed by atoms with Gasteiger partial charge >= 0.3 is 24.1 Å². The largest absolute Gasteiger partial charge is 0.464 e. The normalized spacial score (nSPS) is 20.6. The maximum Gasteiger partial charge on any atom is 0.407 e. The van der Waals surface area contributed by atoms with Gasteiger partial charge in [-0.15, -0.1) is 0 Å². The van der Waals surface area contributed by atoms with Crippen LogP contribution in [-0.2, 0) is 92.6 Å². The number of likely N-dealkylation sites (N-methyl/N-ethyl adjacent to an activating group) is 2. The van der Waals surface area contributed by atoms with E-state index in [2.05, 4.69) is 47.9 Å². The van der Waals surface area contributed by atoms with Crippen LogP contribution in [0.2, 0.25) is 0 Å². The molecule has 0 aromatic heterocycles. The number of likely N-dealkylation sites (tertiary alicyclic amines) is 1. The standard InChI is InChI=1S/C73H117N13O20/c1-13-22-53-63(93)78-50(7)68(98)103-43-48(5)23-20-24-49(6)67(97)104-45-59(90)81-55(66(96)85(12)42-61(92)84(11)41-58(89)80-53)25-17-18-34-75-56(87)32-38-102-46-72(8,9)106-39-36-77-71(101)105-44-51-28-30-52(31-29-51)79-64(94)54(26-21-35-76-70(74)100)82-65(95)62(47(3)4)83-57(88)27-16-15-19-37-86-60(91)40-73(10,33-14-2)69(86)99/h24,28-31,47-48,50,53-55,62H,13-23,25-27,32-46H2,1-12H3,(H,75,87)(H,77,101)(H,78,93)(H,79,94)(H,80,89)(H,81,90)(H,82,95)(H,83,88)(H3,74,76,100)/b49-24+/t48-,50+,53-,54?,55-,62?,73?/m0/s1. The molecule has 0 aliphatic carbocycles. The van der Waals surface area contributed by atoms with Crippen LogP contribution >= 0.6 is 0 Å². The fourth-order valence-electron chi connectivity index (χ4n) is 11.4. The van der Waals surface area contributed by atoms with E-state index in [0.717, 1.165) is 16.2 Å². The van der Waals surface area contributed by atoms with E-state index < -0.39 is 126 Å². The molecule has 2 heterocycles. The van der Waals surface area contributed by atoms with Gasteiger partial charge in [0.1, 0.15) is 36.8 Å². The zero-order chi connectivity index (χ0) is 79.1. The van der Waals surface area contributed by atoms with Crippen molar-refractivity contribution in [2.75, 3.05) is 91.7 Å². The number of imide groups is 1. The van der Waals surface area contributed by atoms with Crippen molar-refractivity contribution < 1.29 is 95.6 Å². The molecule has 3 rings (SSSR count). The number of benzene rings is 1. The van der Waals surface area contributed by atoms with E-state index in [-0.39, 0.29) is 145 Å². The molecule has 2 aliphatic heterocycles. The number of urea groups is 1. The molecule has 594 valence electrons. The highest BCUT2D eigenvalue weighted by molar-refractivity contribution is 6.05. The smallest absolute Gasteiger partial charge is 0.407 e. The third kappa shape index (κ3) is 34.8. The van der Waals surface area contributed by atoms with Crippen molar-refractivity contribution in [1.29, 1.82) is 0 Å². The molecule has 1 fully saturated rings. The highest BCUT2D eigenvalue weighted by Gasteiger charge is 2.47. The number of rotatable bonds is 36. The van der Waals surface area contributed by atoms with Gasteiger partial charge in [0.15, 0.2) is 6.61 Å². The summed E-state index contributed by atoms with van der Waals surface area (Å²) in [5, 5.41) is 24.0. The molecule has 7 atom stereocenters. The first-order valence-corrected chi connectivity index (χ1v) is 36.7. The molecular weight excluding hydrogens is 1380 g/mol. The van der Waals surface area contributed by atoms with Gasteiger partial charge in [-0.05, 0) is 128 Å². The third-order valence-electron chi connectivity index (χ3n) is 17.6. The van der Waals surface area contributed by atoms with Gasteiger partial charge in [-0.1, -0.05) is 79.0 Å². The Morgan fingerprint density at radius 2 is 1.43 bits per heavy atom. The molecule has 3 unspecified atom stereocenters. The summed E-state index contributed by atoms with van der Waals surface area (Å²) in [5.41, 5.74) is 4.91. The van der Waals surface area contributed by atoms with E-state index in [0.29, 0.717) is 69.0 Å². The van der Waals surface area contributed by atoms with Gasteiger partial charge in [-0.2, -0.15) is 0 Å². The van der Waals surface area contributed by atoms with E-state index in [1.807, 2.05) is 27.7 Å². The Hall–Kier alpha value is -9.27. The first-order valence-electron chi connectivity index (χ1n) is 36.7. The van der Waals surface area contributed by atoms with Crippen LogP contribution in [0.1, 0.15) is 184 Å². The molecule has 0 bridgehead atoms. The van der Waals surface area contributed by atoms with Crippen LogP contribution in [0.15, 0.2) is 35.9 Å². The Labute approximate surface area is 622 Å². The summed E-state index contributed by atoms with van der Waals surface area (Å²) in [4.78, 5) is 199. The first-order chi connectivity index (χ1) is 50.1. The Bertz CT molecular complexity index is 3170. The molecule has 1 aromatic carbocycles. The highest BCUT2D eigenvalue weighted by Crippen LogP contribution is 2.37. The second-order valence-corrected chi connectivity index (χ2v) is 28.4. The maximum absolute atomic E-state index is 13.9. The van der Waals surface area contributed by atoms with Crippen molar-refractivity contribution in [3.63, 3.8) is 0 Å². The number of carbonyl (C=O) groups excluding carboxylic acids is 15. The van der Waals surface area contributed by atoms with Gasteiger partial charge in [-0.25, -0.2) is 19.2 Å². The summed E-state index contributed by atoms with van der Waals surface area (Å²) in [6, 6.07) is 0.374. The molecule has 1 aromatic rings. The lowest BCUT2D eigenvalue weighted by atomic mass is 9.84. The van der Waals surface area contributed by atoms with Crippen LogP contribution < -0.4 is 53.6 Å². The molecule has 0 radical (unpaired) electrons. The quantitative estimate of drug-likeness (QED) is 0.0200. The lowest BCUT2D eigenvalue weighted by Crippen LogP contribution is -2.54. The van der Waals surface area contributed by atoms with Crippen molar-refractivity contribution in [2.24, 2.45) is 23.0 Å². The summed E-state index contributed by atoms with van der Waals surface area (Å²) >= 11 is 0. The van der Waals surface area contributed by atoms with Crippen LogP contribution in [0.5, 0.6) is 0 Å². The number of nitrogens with one attached hydrogen (secondary N) is 9. The summed E-state index contributed by atoms with van der Waals surface area (Å²) in [6.45, 7) is 16.6. The van der Waals surface area contributed by atoms with Gasteiger partial charge in [0, 0.05) is 70.8 Å². The Balaban J connectivity index is 1.43. The number of nitrogens with zero attached hydrogens (tertiary/aromatic N) is 3. The Morgan fingerprint density at radius 1 is 0.736 bits per heavy atom. The van der Waals surface area contributed by atoms with Crippen LogP contribution in [0.4, 0.5) is 15.3 Å². The molecule has 33 nitrogen and oxygen atoms in total. The van der Waals surface area contributed by atoms with Crippen molar-refractivity contribution >= 4 is 94.7 Å². The first kappa shape index (κ1) is 90.9. The predicted molar refractivity (Wildman–Crippen MR) is 390 cm³/mol. The Morgan fingerprint density at radius 3 is 2.11 bits per heavy atom. The minimum Gasteiger partial charge on any atom is -0.464 e. The fraction of sp³-hybridized carbons (Fsp3) is 0.685. The number of carbonyl (C=O) groups is 15. The molecule has 14 amide bonds. The minimum atomic E-state index is -1.18. The summed E-state index contributed by atoms with van der Waals surface area (Å²) in [6.07, 6.45) is 7.01. The molecule has 33 heteroatoms. The minimum absolute atomic E-state index is 0.00693. The number of amides is 14. The summed E-state index contributed by atoms with van der Waals surface area (Å²) in [7, 11) is 2.69. The number of anilines is 1. The number of alkyl carbamates (subject to hydrolysis) is 1. The highest BCUT2D eigenvalue weighted by atomic mass is 16.6. The van der Waals surface area contributed by atoms with Crippen LogP contribution in [0.25, 0.3) is 0 Å². The van der Waals surface area contributed by atoms with Crippen molar-refractivity contribution in [1.82, 2.24) is 57.2 Å². The topological polar surface area (TPSA) is 446 Å². The number of primary amides is 1. The third-order valence-corrected chi connectivity index (χ3v) is 17.6. The number of cyclic esters (lactones) is 2. The predicted octanol–water partition coefficient (Wildman–Crippen LogP) is 3.19. The van der Waals surface area contributed by atoms with Crippen LogP contribution in [0, 0.1) is 17.3 Å². The molecule has 0 spiro atoms. The van der Waals surface area contributed by atoms with Crippen molar-refractivity contribution in [3.05, 3.63) is 41.5 Å². The van der Waals surface area contributed by atoms with Crippen LogP contribution in [0.3, 0.4) is 0 Å². The molecule has 11 N–H and O–H groups in total. The van der Waals surface area contributed by atoms with Gasteiger partial charge in [0.2, 0.25) is 59.1 Å². The number of allylic oxidation sites excluding steroid dienone is 1. The van der Waals surface area contributed by atoms with E-state index in [1.54, 1.807) is 58.0 Å². The van der Waals surface area contributed by atoms with E-state index in [1.165, 1.54) is 32.8 Å². The Kier molecular flexibility index (Phi) is 40.6. The molecule has 1 saturated heterocycles. The van der Waals surface area contributed by atoms with Crippen LogP contribution in [-0.4, -0.2) is 226 Å². The molecule has 106 heavy (non-hydrogen) atoms. The zero-order valence-corrected chi connectivity index (χ0v) is 64.0. The summed E-state index contributed by atoms with van der Waals surface area (Å²) < 4.78 is 27.7. The average Bonchev–Trinajstić information content (AvgIpc) is 1.64. The monoisotopic (exact) mass is 1500 g/mol. The number of esters is 2. The number of hydrogen-bond acceptors (Lipinski definition) is 20. The molecule has 0 saturated carbocycles. The number of ether oxygens (including phenoxy) is 5. The SMILES string of the molecule is CCC[C@@H]1NC(=O)CN(C)C(=O)CN(C)C(=O)[C@H](CCCCNC(=O)CCOCC(C)(C)OCCNC(=O)OCc2ccc(NC(=O)C(CCCNC(N)=O)NC(=O)C(NC(=O)CCCCCN3C(=O)CC(C)(CCC)C3=O)C(C)C)cc2)NC(=O)COC(=O)/C(C)=C/CC[C@H](C)COC(=O)[C@@H](C)NC1=O. The lowest BCUT2D eigenvalue weighted by molar-refractivity contribution is -0.149. The number of unbranched alkanes of at least 4 members (excludes halogenated alkanes) is 3. The van der Waals surface area contributed by atoms with Gasteiger partial charge in [-0.3, -0.25) is 57.6 Å². The zero-order valence-electron chi connectivity index (χ0n) is 64.0. The lowest BCUT2D eigenvalue weighted by Gasteiger charge is -2.27. The van der Waals surface area contributed by atoms with Gasteiger partial charge in [0.05, 0.1) is 50.5 Å². The number of hydrogen-bond donors (Lipinski definition) is 10. The summed E-state index contributed by atoms with van der Waals surface area (Å²) in [5.74, 6) is -7.48. The van der Waals surface area contributed by atoms with E-state index in [4.69, 9.17) is 29.4 Å². The van der Waals surface area contributed by atoms with Gasteiger partial charge < -0.3 is 87.1 Å². The second-order valence-electron chi connectivity index (χ2n) is 28.4. The number of nitrogens with two attached hydrogens (primary N) is 1. The van der Waals surface area contributed by atoms with Crippen molar-refractivity contribution in [2.45, 2.75) is 221 Å². The van der Waals surface area contributed by atoms with Crippen molar-refractivity contribution in [3.8, 4) is 0 Å². The van der Waals surface area contributed by atoms with E-state index >= 15 is 0 Å². The average molecular weight is 1500 g/mol. The second kappa shape index (κ2) is 47.3. The van der Waals surface area contributed by atoms with Gasteiger partial charge in [0.25, 0.3) is 5.91 Å². The molecular formula is C73H117N13O20.